The van der Waals surface area contributed by atoms with Crippen LogP contribution in [0.15, 0.2) is 24.3 Å². The summed E-state index contributed by atoms with van der Waals surface area (Å²) in [6.07, 6.45) is -0.267. The van der Waals surface area contributed by atoms with Gasteiger partial charge in [0.2, 0.25) is 0 Å². The van der Waals surface area contributed by atoms with Crippen molar-refractivity contribution < 1.29 is 14.3 Å². The van der Waals surface area contributed by atoms with Crippen molar-refractivity contribution >= 4 is 11.8 Å². The minimum atomic E-state index is -0.483. The minimum Gasteiger partial charge on any atom is -0.458 e. The molecule has 0 amide bonds. The molecule has 0 heterocycles. The molecule has 4 nitrogen and oxygen atoms in total. The molecule has 0 aromatic heterocycles. The molecule has 0 saturated carbocycles. The Balaban J connectivity index is 2.70. The van der Waals surface area contributed by atoms with E-state index in [4.69, 9.17) is 10.00 Å². The highest BCUT2D eigenvalue weighted by Crippen LogP contribution is 2.08. The number of Topliss-reactive ketones (excluding diaryl/α,β-unsaturated/α-hetero) is 1. The number of esters is 1. The minimum absolute atomic E-state index is 0.0530. The van der Waals surface area contributed by atoms with Gasteiger partial charge in [-0.1, -0.05) is 12.1 Å². The summed E-state index contributed by atoms with van der Waals surface area (Å²) >= 11 is 0. The summed E-state index contributed by atoms with van der Waals surface area (Å²) in [6.45, 7) is 3.12. The van der Waals surface area contributed by atoms with Gasteiger partial charge in [-0.3, -0.25) is 4.79 Å². The Morgan fingerprint density at radius 1 is 1.29 bits per heavy atom. The molecule has 0 bridgehead atoms. The molecule has 1 unspecified atom stereocenters. The summed E-state index contributed by atoms with van der Waals surface area (Å²) in [6, 6.07) is 8.16. The summed E-state index contributed by atoms with van der Waals surface area (Å²) in [4.78, 5) is 22.6. The second kappa shape index (κ2) is 5.80. The van der Waals surface area contributed by atoms with E-state index in [-0.39, 0.29) is 12.2 Å². The van der Waals surface area contributed by atoms with Crippen LogP contribution in [0, 0.1) is 11.3 Å². The summed E-state index contributed by atoms with van der Waals surface area (Å²) in [5, 5.41) is 8.44. The maximum absolute atomic E-state index is 11.6. The van der Waals surface area contributed by atoms with Gasteiger partial charge in [0.15, 0.2) is 5.78 Å². The molecule has 0 aliphatic carbocycles. The first-order valence-corrected chi connectivity index (χ1v) is 5.23. The molecule has 0 saturated heterocycles. The molecule has 4 heteroatoms. The van der Waals surface area contributed by atoms with Gasteiger partial charge < -0.3 is 4.74 Å². The van der Waals surface area contributed by atoms with E-state index < -0.39 is 12.1 Å². The lowest BCUT2D eigenvalue weighted by Gasteiger charge is -2.09. The van der Waals surface area contributed by atoms with Crippen LogP contribution in [-0.4, -0.2) is 17.9 Å². The SMILES string of the molecule is CC(=O)c1ccc(C(=O)OC(C)CC#N)cc1. The van der Waals surface area contributed by atoms with Crippen LogP contribution in [-0.2, 0) is 4.74 Å². The molecule has 1 aromatic carbocycles. The summed E-state index contributed by atoms with van der Waals surface area (Å²) < 4.78 is 5.03. The van der Waals surface area contributed by atoms with Crippen molar-refractivity contribution in [1.82, 2.24) is 0 Å². The zero-order valence-corrected chi connectivity index (χ0v) is 9.77. The number of rotatable bonds is 4. The van der Waals surface area contributed by atoms with E-state index in [1.807, 2.05) is 6.07 Å². The molecule has 0 spiro atoms. The Morgan fingerprint density at radius 2 is 1.82 bits per heavy atom. The average Bonchev–Trinajstić information content (AvgIpc) is 2.29. The lowest BCUT2D eigenvalue weighted by atomic mass is 10.1. The molecule has 88 valence electrons. The fraction of sp³-hybridized carbons (Fsp3) is 0.308. The first-order chi connectivity index (χ1) is 8.04. The van der Waals surface area contributed by atoms with Crippen LogP contribution < -0.4 is 0 Å². The van der Waals surface area contributed by atoms with E-state index in [0.29, 0.717) is 11.1 Å². The van der Waals surface area contributed by atoms with Crippen molar-refractivity contribution in [1.29, 1.82) is 5.26 Å². The number of hydrogen-bond donors (Lipinski definition) is 0. The number of nitrogens with zero attached hydrogens (tertiary/aromatic N) is 1. The fourth-order valence-corrected chi connectivity index (χ4v) is 1.26. The van der Waals surface area contributed by atoms with E-state index in [2.05, 4.69) is 0 Å². The largest absolute Gasteiger partial charge is 0.458 e. The van der Waals surface area contributed by atoms with Crippen LogP contribution >= 0.6 is 0 Å². The number of carbonyl (C=O) groups is 2. The van der Waals surface area contributed by atoms with Gasteiger partial charge in [-0.15, -0.1) is 0 Å². The monoisotopic (exact) mass is 231 g/mol. The van der Waals surface area contributed by atoms with Gasteiger partial charge >= 0.3 is 5.97 Å². The van der Waals surface area contributed by atoms with Crippen LogP contribution in [0.3, 0.4) is 0 Å². The number of carbonyl (C=O) groups excluding carboxylic acids is 2. The van der Waals surface area contributed by atoms with E-state index >= 15 is 0 Å². The van der Waals surface area contributed by atoms with Crippen molar-refractivity contribution in [3.63, 3.8) is 0 Å². The summed E-state index contributed by atoms with van der Waals surface area (Å²) in [5.41, 5.74) is 0.923. The third kappa shape index (κ3) is 3.72. The molecule has 0 aliphatic rings. The topological polar surface area (TPSA) is 67.2 Å². The maximum Gasteiger partial charge on any atom is 0.338 e. The summed E-state index contributed by atoms with van der Waals surface area (Å²) in [5.74, 6) is -0.536. The van der Waals surface area contributed by atoms with Crippen molar-refractivity contribution in [3.05, 3.63) is 35.4 Å². The second-order valence-corrected chi connectivity index (χ2v) is 3.71. The van der Waals surface area contributed by atoms with Crippen LogP contribution in [0.2, 0.25) is 0 Å². The molecule has 0 fully saturated rings. The van der Waals surface area contributed by atoms with Gasteiger partial charge in [0.1, 0.15) is 6.10 Å². The quantitative estimate of drug-likeness (QED) is 0.589. The van der Waals surface area contributed by atoms with E-state index in [1.165, 1.54) is 19.1 Å². The van der Waals surface area contributed by atoms with Crippen LogP contribution in [0.5, 0.6) is 0 Å². The van der Waals surface area contributed by atoms with E-state index in [9.17, 15) is 9.59 Å². The summed E-state index contributed by atoms with van der Waals surface area (Å²) in [7, 11) is 0. The Bertz CT molecular complexity index is 457. The smallest absolute Gasteiger partial charge is 0.338 e. The van der Waals surface area contributed by atoms with Crippen molar-refractivity contribution in [2.24, 2.45) is 0 Å². The Kier molecular flexibility index (Phi) is 4.41. The molecule has 17 heavy (non-hydrogen) atoms. The predicted molar refractivity (Wildman–Crippen MR) is 61.6 cm³/mol. The number of benzene rings is 1. The van der Waals surface area contributed by atoms with Crippen LogP contribution in [0.25, 0.3) is 0 Å². The standard InChI is InChI=1S/C13H13NO3/c1-9(7-8-14)17-13(16)12-5-3-11(4-6-12)10(2)15/h3-6,9H,7H2,1-2H3. The number of hydrogen-bond acceptors (Lipinski definition) is 4. The zero-order valence-electron chi connectivity index (χ0n) is 9.77. The van der Waals surface area contributed by atoms with E-state index in [1.54, 1.807) is 19.1 Å². The molecule has 0 aliphatic heterocycles. The van der Waals surface area contributed by atoms with Crippen LogP contribution in [0.4, 0.5) is 0 Å². The highest BCUT2D eigenvalue weighted by molar-refractivity contribution is 5.96. The normalized spacial score (nSPS) is 11.4. The van der Waals surface area contributed by atoms with Gasteiger partial charge in [0.25, 0.3) is 0 Å². The third-order valence-electron chi connectivity index (χ3n) is 2.21. The Morgan fingerprint density at radius 3 is 2.29 bits per heavy atom. The number of nitriles is 1. The van der Waals surface area contributed by atoms with E-state index in [0.717, 1.165) is 0 Å². The Labute approximate surface area is 99.8 Å². The molecule has 0 N–H and O–H groups in total. The molecular formula is C13H13NO3. The number of ketones is 1. The second-order valence-electron chi connectivity index (χ2n) is 3.71. The predicted octanol–water partition coefficient (Wildman–Crippen LogP) is 2.35. The first kappa shape index (κ1) is 12.9. The third-order valence-corrected chi connectivity index (χ3v) is 2.21. The lowest BCUT2D eigenvalue weighted by Crippen LogP contribution is -2.14. The van der Waals surface area contributed by atoms with Crippen LogP contribution in [0.1, 0.15) is 41.0 Å². The Hall–Kier alpha value is -2.15. The van der Waals surface area contributed by atoms with Gasteiger partial charge in [-0.05, 0) is 26.0 Å². The molecular weight excluding hydrogens is 218 g/mol. The average molecular weight is 231 g/mol. The first-order valence-electron chi connectivity index (χ1n) is 5.23. The van der Waals surface area contributed by atoms with Crippen molar-refractivity contribution in [2.75, 3.05) is 0 Å². The fourth-order valence-electron chi connectivity index (χ4n) is 1.26. The number of ether oxygens (including phenoxy) is 1. The van der Waals surface area contributed by atoms with Crippen molar-refractivity contribution in [3.8, 4) is 6.07 Å². The molecule has 1 rings (SSSR count). The van der Waals surface area contributed by atoms with Gasteiger partial charge in [0.05, 0.1) is 18.1 Å². The maximum atomic E-state index is 11.6. The van der Waals surface area contributed by atoms with Gasteiger partial charge in [0, 0.05) is 5.56 Å². The highest BCUT2D eigenvalue weighted by Gasteiger charge is 2.11. The zero-order chi connectivity index (χ0) is 12.8. The molecule has 1 aromatic rings. The van der Waals surface area contributed by atoms with Crippen molar-refractivity contribution in [2.45, 2.75) is 26.4 Å². The van der Waals surface area contributed by atoms with Gasteiger partial charge in [-0.2, -0.15) is 5.26 Å². The lowest BCUT2D eigenvalue weighted by molar-refractivity contribution is 0.0351. The highest BCUT2D eigenvalue weighted by atomic mass is 16.5. The van der Waals surface area contributed by atoms with Gasteiger partial charge in [-0.25, -0.2) is 4.79 Å². The molecule has 1 atom stereocenters. The molecule has 0 radical (unpaired) electrons.